The predicted octanol–water partition coefficient (Wildman–Crippen LogP) is 2.89. The maximum absolute atomic E-state index is 12.5. The molecule has 10 heteroatoms. The van der Waals surface area contributed by atoms with E-state index in [1.165, 1.54) is 36.6 Å². The van der Waals surface area contributed by atoms with Crippen LogP contribution in [-0.4, -0.2) is 31.9 Å². The summed E-state index contributed by atoms with van der Waals surface area (Å²) >= 11 is 0. The third-order valence-electron chi connectivity index (χ3n) is 4.23. The molecule has 31 heavy (non-hydrogen) atoms. The summed E-state index contributed by atoms with van der Waals surface area (Å²) in [5.74, 6) is -0.586. The van der Waals surface area contributed by atoms with E-state index in [0.717, 1.165) is 0 Å². The molecule has 2 aromatic heterocycles. The van der Waals surface area contributed by atoms with Gasteiger partial charge < -0.3 is 14.5 Å². The van der Waals surface area contributed by atoms with E-state index in [-0.39, 0.29) is 35.0 Å². The van der Waals surface area contributed by atoms with E-state index in [1.54, 1.807) is 32.0 Å². The molecule has 2 heterocycles. The second kappa shape index (κ2) is 9.54. The van der Waals surface area contributed by atoms with Crippen molar-refractivity contribution in [2.75, 3.05) is 11.9 Å². The number of rotatable bonds is 8. The van der Waals surface area contributed by atoms with Crippen LogP contribution in [0.5, 0.6) is 0 Å². The zero-order valence-corrected chi connectivity index (χ0v) is 17.7. The Hall–Kier alpha value is -3.50. The highest BCUT2D eigenvalue weighted by molar-refractivity contribution is 7.89. The SMILES string of the molecule is CCOC(=O)c1ccc(C(=O)Nc2cccc(S(=O)(=O)NCc3ccco3)c2)nc1C. The fourth-order valence-electron chi connectivity index (χ4n) is 2.71. The second-order valence-corrected chi connectivity index (χ2v) is 8.20. The molecule has 0 atom stereocenters. The Morgan fingerprint density at radius 1 is 1.13 bits per heavy atom. The van der Waals surface area contributed by atoms with E-state index in [4.69, 9.17) is 9.15 Å². The highest BCUT2D eigenvalue weighted by Crippen LogP contribution is 2.17. The molecule has 3 aromatic rings. The van der Waals surface area contributed by atoms with Crippen molar-refractivity contribution in [3.05, 3.63) is 77.5 Å². The minimum atomic E-state index is -3.81. The van der Waals surface area contributed by atoms with Gasteiger partial charge in [0.15, 0.2) is 0 Å². The summed E-state index contributed by atoms with van der Waals surface area (Å²) < 4.78 is 37.5. The van der Waals surface area contributed by atoms with Crippen molar-refractivity contribution in [1.29, 1.82) is 0 Å². The third kappa shape index (κ3) is 5.56. The minimum absolute atomic E-state index is 0.00192. The fraction of sp³-hybridized carbons (Fsp3) is 0.190. The lowest BCUT2D eigenvalue weighted by Gasteiger charge is -2.10. The molecule has 0 spiro atoms. The number of ether oxygens (including phenoxy) is 1. The number of benzene rings is 1. The highest BCUT2D eigenvalue weighted by atomic mass is 32.2. The van der Waals surface area contributed by atoms with Gasteiger partial charge in [0.05, 0.1) is 35.6 Å². The van der Waals surface area contributed by atoms with Crippen LogP contribution in [0, 0.1) is 6.92 Å². The minimum Gasteiger partial charge on any atom is -0.468 e. The largest absolute Gasteiger partial charge is 0.468 e. The predicted molar refractivity (Wildman–Crippen MR) is 112 cm³/mol. The summed E-state index contributed by atoms with van der Waals surface area (Å²) in [5, 5.41) is 2.61. The Labute approximate surface area is 179 Å². The second-order valence-electron chi connectivity index (χ2n) is 6.44. The molecule has 0 unspecified atom stereocenters. The maximum Gasteiger partial charge on any atom is 0.339 e. The number of anilines is 1. The monoisotopic (exact) mass is 443 g/mol. The molecule has 162 valence electrons. The number of nitrogens with zero attached hydrogens (tertiary/aromatic N) is 1. The maximum atomic E-state index is 12.5. The van der Waals surface area contributed by atoms with E-state index in [2.05, 4.69) is 15.0 Å². The Balaban J connectivity index is 1.72. The lowest BCUT2D eigenvalue weighted by Crippen LogP contribution is -2.23. The zero-order valence-electron chi connectivity index (χ0n) is 16.9. The number of pyridine rings is 1. The molecule has 0 aliphatic heterocycles. The van der Waals surface area contributed by atoms with Crippen LogP contribution in [0.4, 0.5) is 5.69 Å². The number of hydrogen-bond acceptors (Lipinski definition) is 7. The molecule has 1 aromatic carbocycles. The summed E-state index contributed by atoms with van der Waals surface area (Å²) in [4.78, 5) is 28.5. The molecule has 0 fully saturated rings. The average Bonchev–Trinajstić information content (AvgIpc) is 3.26. The van der Waals surface area contributed by atoms with Gasteiger partial charge in [0.2, 0.25) is 10.0 Å². The van der Waals surface area contributed by atoms with E-state index in [1.807, 2.05) is 0 Å². The first-order valence-electron chi connectivity index (χ1n) is 9.38. The van der Waals surface area contributed by atoms with Gasteiger partial charge in [-0.2, -0.15) is 0 Å². The van der Waals surface area contributed by atoms with Crippen LogP contribution in [0.1, 0.15) is 39.2 Å². The van der Waals surface area contributed by atoms with Gasteiger partial charge in [-0.15, -0.1) is 0 Å². The summed E-state index contributed by atoms with van der Waals surface area (Å²) in [7, 11) is -3.81. The van der Waals surface area contributed by atoms with Crippen LogP contribution >= 0.6 is 0 Å². The molecule has 0 bridgehead atoms. The Morgan fingerprint density at radius 3 is 2.61 bits per heavy atom. The molecular formula is C21H21N3O6S. The summed E-state index contributed by atoms with van der Waals surface area (Å²) in [6.07, 6.45) is 1.45. The highest BCUT2D eigenvalue weighted by Gasteiger charge is 2.17. The van der Waals surface area contributed by atoms with Crippen molar-refractivity contribution in [3.63, 3.8) is 0 Å². The summed E-state index contributed by atoms with van der Waals surface area (Å²) in [5.41, 5.74) is 0.980. The molecule has 9 nitrogen and oxygen atoms in total. The molecule has 2 N–H and O–H groups in total. The Bertz CT molecular complexity index is 1190. The molecule has 0 saturated heterocycles. The first-order chi connectivity index (χ1) is 14.8. The molecule has 1 amide bonds. The van der Waals surface area contributed by atoms with Crippen LogP contribution in [0.15, 0.2) is 64.1 Å². The number of carbonyl (C=O) groups excluding carboxylic acids is 2. The van der Waals surface area contributed by atoms with Gasteiger partial charge in [-0.05, 0) is 56.3 Å². The molecule has 0 aliphatic carbocycles. The number of amides is 1. The standard InChI is InChI=1S/C21H21N3O6S/c1-3-29-21(26)18-9-10-19(23-14(18)2)20(25)24-15-6-4-8-17(12-15)31(27,28)22-13-16-7-5-11-30-16/h4-12,22H,3,13H2,1-2H3,(H,24,25). The van der Waals surface area contributed by atoms with E-state index in [9.17, 15) is 18.0 Å². The lowest BCUT2D eigenvalue weighted by molar-refractivity contribution is 0.0524. The van der Waals surface area contributed by atoms with Crippen molar-refractivity contribution in [3.8, 4) is 0 Å². The topological polar surface area (TPSA) is 128 Å². The number of aryl methyl sites for hydroxylation is 1. The van der Waals surface area contributed by atoms with Gasteiger partial charge in [0, 0.05) is 5.69 Å². The van der Waals surface area contributed by atoms with Crippen molar-refractivity contribution in [1.82, 2.24) is 9.71 Å². The number of furan rings is 1. The van der Waals surface area contributed by atoms with E-state index >= 15 is 0 Å². The number of nitrogens with one attached hydrogen (secondary N) is 2. The van der Waals surface area contributed by atoms with Crippen LogP contribution in [-0.2, 0) is 21.3 Å². The smallest absolute Gasteiger partial charge is 0.339 e. The zero-order chi connectivity index (χ0) is 22.4. The van der Waals surface area contributed by atoms with Crippen LogP contribution in [0.2, 0.25) is 0 Å². The van der Waals surface area contributed by atoms with Gasteiger partial charge in [-0.1, -0.05) is 6.07 Å². The molecule has 3 rings (SSSR count). The number of sulfonamides is 1. The normalized spacial score (nSPS) is 11.2. The third-order valence-corrected chi connectivity index (χ3v) is 5.63. The van der Waals surface area contributed by atoms with E-state index in [0.29, 0.717) is 11.5 Å². The number of carbonyl (C=O) groups is 2. The van der Waals surface area contributed by atoms with Crippen molar-refractivity contribution < 1.29 is 27.2 Å². The quantitative estimate of drug-likeness (QED) is 0.512. The summed E-state index contributed by atoms with van der Waals surface area (Å²) in [6, 6.07) is 12.0. The van der Waals surface area contributed by atoms with Gasteiger partial charge >= 0.3 is 5.97 Å². The fourth-order valence-corrected chi connectivity index (χ4v) is 3.75. The number of hydrogen-bond donors (Lipinski definition) is 2. The molecule has 0 saturated carbocycles. The molecular weight excluding hydrogens is 422 g/mol. The van der Waals surface area contributed by atoms with Crippen LogP contribution < -0.4 is 10.0 Å². The number of esters is 1. The Kier molecular flexibility index (Phi) is 6.83. The van der Waals surface area contributed by atoms with Crippen molar-refractivity contribution in [2.45, 2.75) is 25.3 Å². The average molecular weight is 443 g/mol. The first kappa shape index (κ1) is 22.2. The first-order valence-corrected chi connectivity index (χ1v) is 10.9. The van der Waals surface area contributed by atoms with Gasteiger partial charge in [-0.3, -0.25) is 4.79 Å². The molecule has 0 radical (unpaired) electrons. The van der Waals surface area contributed by atoms with Gasteiger partial charge in [0.1, 0.15) is 11.5 Å². The summed E-state index contributed by atoms with van der Waals surface area (Å²) in [6.45, 7) is 3.53. The van der Waals surface area contributed by atoms with Crippen LogP contribution in [0.25, 0.3) is 0 Å². The van der Waals surface area contributed by atoms with Crippen molar-refractivity contribution >= 4 is 27.6 Å². The van der Waals surface area contributed by atoms with Gasteiger partial charge in [-0.25, -0.2) is 22.9 Å². The molecule has 0 aliphatic rings. The number of aromatic nitrogens is 1. The Morgan fingerprint density at radius 2 is 1.94 bits per heavy atom. The lowest BCUT2D eigenvalue weighted by atomic mass is 10.2. The van der Waals surface area contributed by atoms with E-state index < -0.39 is 21.9 Å². The van der Waals surface area contributed by atoms with Crippen molar-refractivity contribution in [2.24, 2.45) is 0 Å². The van der Waals surface area contributed by atoms with Crippen LogP contribution in [0.3, 0.4) is 0 Å². The van der Waals surface area contributed by atoms with Gasteiger partial charge in [0.25, 0.3) is 5.91 Å².